The summed E-state index contributed by atoms with van der Waals surface area (Å²) in [6.45, 7) is 0. The summed E-state index contributed by atoms with van der Waals surface area (Å²) in [5, 5.41) is 0. The first-order chi connectivity index (χ1) is 10.3. The molecule has 3 nitrogen and oxygen atoms in total. The molecule has 0 radical (unpaired) electrons. The zero-order valence-corrected chi connectivity index (χ0v) is 13.2. The van der Waals surface area contributed by atoms with Gasteiger partial charge in [-0.3, -0.25) is 4.57 Å². The normalized spacial score (nSPS) is 11.1. The summed E-state index contributed by atoms with van der Waals surface area (Å²) >= 11 is 2.32. The van der Waals surface area contributed by atoms with Crippen LogP contribution in [0.3, 0.4) is 0 Å². The summed E-state index contributed by atoms with van der Waals surface area (Å²) in [4.78, 5) is 4.53. The van der Waals surface area contributed by atoms with Gasteiger partial charge in [-0.1, -0.05) is 12.1 Å². The number of hydrogen-bond acceptors (Lipinski definition) is 2. The number of rotatable bonds is 2. The van der Waals surface area contributed by atoms with Crippen molar-refractivity contribution in [3.63, 3.8) is 0 Å². The molecule has 2 aromatic heterocycles. The van der Waals surface area contributed by atoms with E-state index in [1.165, 1.54) is 3.57 Å². The predicted octanol–water partition coefficient (Wildman–Crippen LogP) is 4.89. The zero-order chi connectivity index (χ0) is 14.2. The third-order valence-electron chi connectivity index (χ3n) is 3.49. The van der Waals surface area contributed by atoms with E-state index in [2.05, 4.69) is 74.6 Å². The first kappa shape index (κ1) is 12.6. The molecule has 0 unspecified atom stereocenters. The fraction of sp³-hybridized carbons (Fsp3) is 0. The zero-order valence-electron chi connectivity index (χ0n) is 11.0. The lowest BCUT2D eigenvalue weighted by Crippen LogP contribution is -1.92. The van der Waals surface area contributed by atoms with Crippen molar-refractivity contribution in [2.45, 2.75) is 0 Å². The van der Waals surface area contributed by atoms with Gasteiger partial charge in [0.05, 0.1) is 23.6 Å². The largest absolute Gasteiger partial charge is 0.472 e. The molecule has 0 bridgehead atoms. The molecule has 102 valence electrons. The summed E-state index contributed by atoms with van der Waals surface area (Å²) in [6.07, 6.45) is 5.30. The standard InChI is InChI=1S/C17H11IN2O/c18-14-2-1-3-15(9-14)20-11-19-16-8-12(4-5-17(16)20)13-6-7-21-10-13/h1-11H. The van der Waals surface area contributed by atoms with Gasteiger partial charge < -0.3 is 4.42 Å². The van der Waals surface area contributed by atoms with E-state index in [1.807, 2.05) is 12.4 Å². The van der Waals surface area contributed by atoms with E-state index < -0.39 is 0 Å². The SMILES string of the molecule is Ic1cccc(-n2cnc3cc(-c4ccoc4)ccc32)c1. The molecule has 0 saturated heterocycles. The first-order valence-electron chi connectivity index (χ1n) is 6.57. The summed E-state index contributed by atoms with van der Waals surface area (Å²) < 4.78 is 8.46. The Balaban J connectivity index is 1.86. The van der Waals surface area contributed by atoms with Crippen molar-refractivity contribution in [2.24, 2.45) is 0 Å². The van der Waals surface area contributed by atoms with Gasteiger partial charge >= 0.3 is 0 Å². The number of furan rings is 1. The number of benzene rings is 2. The van der Waals surface area contributed by atoms with Gasteiger partial charge in [0.2, 0.25) is 0 Å². The van der Waals surface area contributed by atoms with Crippen LogP contribution in [0.1, 0.15) is 0 Å². The van der Waals surface area contributed by atoms with Crippen molar-refractivity contribution in [3.8, 4) is 16.8 Å². The van der Waals surface area contributed by atoms with Gasteiger partial charge in [-0.05, 0) is 64.6 Å². The average molecular weight is 386 g/mol. The van der Waals surface area contributed by atoms with Gasteiger partial charge in [-0.2, -0.15) is 0 Å². The molecule has 0 aliphatic rings. The summed E-state index contributed by atoms with van der Waals surface area (Å²) in [7, 11) is 0. The Kier molecular flexibility index (Phi) is 3.03. The summed E-state index contributed by atoms with van der Waals surface area (Å²) in [5.74, 6) is 0. The Morgan fingerprint density at radius 3 is 2.76 bits per heavy atom. The van der Waals surface area contributed by atoms with Gasteiger partial charge in [-0.25, -0.2) is 4.98 Å². The fourth-order valence-electron chi connectivity index (χ4n) is 2.45. The highest BCUT2D eigenvalue weighted by Gasteiger charge is 2.07. The minimum atomic E-state index is 0.979. The Labute approximate surface area is 135 Å². The van der Waals surface area contributed by atoms with Crippen LogP contribution in [0.4, 0.5) is 0 Å². The van der Waals surface area contributed by atoms with Crippen LogP contribution in [0.2, 0.25) is 0 Å². The first-order valence-corrected chi connectivity index (χ1v) is 7.65. The molecule has 0 aliphatic heterocycles. The average Bonchev–Trinajstić information content (AvgIpc) is 3.16. The van der Waals surface area contributed by atoms with Gasteiger partial charge in [0.15, 0.2) is 0 Å². The van der Waals surface area contributed by atoms with Crippen LogP contribution in [0.5, 0.6) is 0 Å². The van der Waals surface area contributed by atoms with Crippen LogP contribution in [-0.2, 0) is 0 Å². The quantitative estimate of drug-likeness (QED) is 0.460. The highest BCUT2D eigenvalue weighted by molar-refractivity contribution is 14.1. The van der Waals surface area contributed by atoms with Gasteiger partial charge in [-0.15, -0.1) is 0 Å². The topological polar surface area (TPSA) is 31.0 Å². The number of aromatic nitrogens is 2. The minimum Gasteiger partial charge on any atom is -0.472 e. The smallest absolute Gasteiger partial charge is 0.100 e. The van der Waals surface area contributed by atoms with Crippen molar-refractivity contribution in [3.05, 3.63) is 71.0 Å². The van der Waals surface area contributed by atoms with Crippen LogP contribution < -0.4 is 0 Å². The second-order valence-electron chi connectivity index (χ2n) is 4.81. The maximum absolute atomic E-state index is 5.14. The van der Waals surface area contributed by atoms with Crippen LogP contribution in [0.25, 0.3) is 27.8 Å². The van der Waals surface area contributed by atoms with Crippen molar-refractivity contribution >= 4 is 33.6 Å². The molecular weight excluding hydrogens is 375 g/mol. The lowest BCUT2D eigenvalue weighted by atomic mass is 10.1. The molecule has 0 aliphatic carbocycles. The molecule has 4 heteroatoms. The van der Waals surface area contributed by atoms with E-state index in [-0.39, 0.29) is 0 Å². The van der Waals surface area contributed by atoms with Crippen LogP contribution in [-0.4, -0.2) is 9.55 Å². The second-order valence-corrected chi connectivity index (χ2v) is 6.06. The molecule has 0 spiro atoms. The van der Waals surface area contributed by atoms with Crippen LogP contribution >= 0.6 is 22.6 Å². The molecule has 0 N–H and O–H groups in total. The van der Waals surface area contributed by atoms with Crippen molar-refractivity contribution < 1.29 is 4.42 Å². The van der Waals surface area contributed by atoms with Crippen LogP contribution in [0, 0.1) is 3.57 Å². The molecule has 4 aromatic rings. The molecule has 2 heterocycles. The molecule has 0 fully saturated rings. The third kappa shape index (κ3) is 2.25. The number of nitrogens with zero attached hydrogens (tertiary/aromatic N) is 2. The van der Waals surface area contributed by atoms with E-state index in [0.717, 1.165) is 27.8 Å². The number of hydrogen-bond donors (Lipinski definition) is 0. The monoisotopic (exact) mass is 386 g/mol. The van der Waals surface area contributed by atoms with Crippen molar-refractivity contribution in [2.75, 3.05) is 0 Å². The Morgan fingerprint density at radius 2 is 1.95 bits per heavy atom. The predicted molar refractivity (Wildman–Crippen MR) is 91.5 cm³/mol. The molecule has 0 atom stereocenters. The lowest BCUT2D eigenvalue weighted by Gasteiger charge is -2.05. The maximum Gasteiger partial charge on any atom is 0.100 e. The highest BCUT2D eigenvalue weighted by Crippen LogP contribution is 2.26. The Morgan fingerprint density at radius 1 is 1.00 bits per heavy atom. The van der Waals surface area contributed by atoms with Crippen molar-refractivity contribution in [1.29, 1.82) is 0 Å². The van der Waals surface area contributed by atoms with E-state index in [4.69, 9.17) is 4.42 Å². The van der Waals surface area contributed by atoms with Crippen LogP contribution in [0.15, 0.2) is 71.8 Å². The molecule has 4 rings (SSSR count). The fourth-order valence-corrected chi connectivity index (χ4v) is 2.98. The highest BCUT2D eigenvalue weighted by atomic mass is 127. The third-order valence-corrected chi connectivity index (χ3v) is 4.16. The number of imidazole rings is 1. The Bertz CT molecular complexity index is 910. The number of fused-ring (bicyclic) bond motifs is 1. The molecule has 0 saturated carbocycles. The van der Waals surface area contributed by atoms with Gasteiger partial charge in [0, 0.05) is 14.8 Å². The molecule has 2 aromatic carbocycles. The van der Waals surface area contributed by atoms with Gasteiger partial charge in [0.1, 0.15) is 6.33 Å². The number of halogens is 1. The molecular formula is C17H11IN2O. The summed E-state index contributed by atoms with van der Waals surface area (Å²) in [5.41, 5.74) is 5.39. The van der Waals surface area contributed by atoms with Crippen molar-refractivity contribution in [1.82, 2.24) is 9.55 Å². The molecule has 21 heavy (non-hydrogen) atoms. The molecule has 0 amide bonds. The van der Waals surface area contributed by atoms with E-state index in [9.17, 15) is 0 Å². The lowest BCUT2D eigenvalue weighted by molar-refractivity contribution is 0.568. The second kappa shape index (κ2) is 5.04. The maximum atomic E-state index is 5.14. The van der Waals surface area contributed by atoms with E-state index in [0.29, 0.717) is 0 Å². The van der Waals surface area contributed by atoms with E-state index in [1.54, 1.807) is 12.5 Å². The van der Waals surface area contributed by atoms with E-state index >= 15 is 0 Å². The summed E-state index contributed by atoms with van der Waals surface area (Å²) in [6, 6.07) is 16.6. The Hall–Kier alpha value is -2.08. The minimum absolute atomic E-state index is 0.979. The van der Waals surface area contributed by atoms with Gasteiger partial charge in [0.25, 0.3) is 0 Å².